The Morgan fingerprint density at radius 2 is 2.15 bits per heavy atom. The summed E-state index contributed by atoms with van der Waals surface area (Å²) in [4.78, 5) is 31.1. The quantitative estimate of drug-likeness (QED) is 0.788. The van der Waals surface area contributed by atoms with E-state index in [-0.39, 0.29) is 24.0 Å². The largest absolute Gasteiger partial charge is 0.452 e. The number of hydrogen-bond acceptors (Lipinski definition) is 5. The highest BCUT2D eigenvalue weighted by Gasteiger charge is 2.53. The lowest BCUT2D eigenvalue weighted by Gasteiger charge is -2.40. The van der Waals surface area contributed by atoms with Crippen LogP contribution in [0, 0.1) is 10.8 Å². The van der Waals surface area contributed by atoms with Crippen LogP contribution in [0.2, 0.25) is 0 Å². The minimum Gasteiger partial charge on any atom is -0.452 e. The maximum Gasteiger partial charge on any atom is 0.340 e. The molecule has 6 heteroatoms. The molecule has 0 N–H and O–H groups in total. The molecule has 1 saturated carbocycles. The summed E-state index contributed by atoms with van der Waals surface area (Å²) in [6.07, 6.45) is 4.45. The third-order valence-corrected chi connectivity index (χ3v) is 6.03. The van der Waals surface area contributed by atoms with Crippen LogP contribution in [0.25, 0.3) is 11.1 Å². The molecule has 138 valence electrons. The second-order valence-corrected chi connectivity index (χ2v) is 8.61. The predicted octanol–water partition coefficient (Wildman–Crippen LogP) is 3.41. The maximum atomic E-state index is 12.7. The van der Waals surface area contributed by atoms with Crippen molar-refractivity contribution in [2.24, 2.45) is 10.8 Å². The highest BCUT2D eigenvalue weighted by molar-refractivity contribution is 6.01. The van der Waals surface area contributed by atoms with Crippen LogP contribution in [-0.2, 0) is 9.53 Å². The molecule has 2 bridgehead atoms. The summed E-state index contributed by atoms with van der Waals surface area (Å²) in [6.45, 7) is 7.27. The molecule has 2 aliphatic rings. The predicted molar refractivity (Wildman–Crippen MR) is 95.5 cm³/mol. The van der Waals surface area contributed by atoms with E-state index in [2.05, 4.69) is 25.8 Å². The number of amides is 1. The van der Waals surface area contributed by atoms with E-state index < -0.39 is 5.97 Å². The topological polar surface area (TPSA) is 72.6 Å². The lowest BCUT2D eigenvalue weighted by Crippen LogP contribution is -2.49. The number of rotatable bonds is 3. The van der Waals surface area contributed by atoms with Crippen molar-refractivity contribution in [2.75, 3.05) is 13.2 Å². The van der Waals surface area contributed by atoms with E-state index in [1.165, 1.54) is 6.39 Å². The Hall–Kier alpha value is -2.37. The van der Waals surface area contributed by atoms with Crippen LogP contribution in [0.3, 0.4) is 0 Å². The second kappa shape index (κ2) is 5.83. The molecule has 1 aromatic carbocycles. The molecule has 4 rings (SSSR count). The van der Waals surface area contributed by atoms with Crippen LogP contribution in [0.5, 0.6) is 0 Å². The van der Waals surface area contributed by atoms with E-state index in [0.717, 1.165) is 25.8 Å². The lowest BCUT2D eigenvalue weighted by molar-refractivity contribution is -0.140. The zero-order valence-electron chi connectivity index (χ0n) is 15.4. The molecule has 26 heavy (non-hydrogen) atoms. The first kappa shape index (κ1) is 17.1. The first-order valence-electron chi connectivity index (χ1n) is 9.08. The van der Waals surface area contributed by atoms with Gasteiger partial charge >= 0.3 is 5.97 Å². The summed E-state index contributed by atoms with van der Waals surface area (Å²) >= 11 is 0. The normalized spacial score (nSPS) is 26.9. The molecular formula is C20H24N2O4. The van der Waals surface area contributed by atoms with Crippen molar-refractivity contribution in [1.29, 1.82) is 0 Å². The molecule has 2 aromatic rings. The minimum atomic E-state index is -0.551. The Bertz CT molecular complexity index is 872. The summed E-state index contributed by atoms with van der Waals surface area (Å²) in [5, 5.41) is 0. The van der Waals surface area contributed by atoms with Crippen LogP contribution in [-0.4, -0.2) is 41.0 Å². The highest BCUT2D eigenvalue weighted by Crippen LogP contribution is 2.55. The number of para-hydroxylation sites is 1. The molecule has 2 heterocycles. The van der Waals surface area contributed by atoms with Gasteiger partial charge in [0.15, 0.2) is 18.6 Å². The van der Waals surface area contributed by atoms with Crippen LogP contribution in [0.4, 0.5) is 0 Å². The van der Waals surface area contributed by atoms with E-state index in [4.69, 9.17) is 9.15 Å². The van der Waals surface area contributed by atoms with Gasteiger partial charge in [0.25, 0.3) is 5.91 Å². The Kier molecular flexibility index (Phi) is 3.82. The van der Waals surface area contributed by atoms with Gasteiger partial charge in [0.2, 0.25) is 0 Å². The number of ether oxygens (including phenoxy) is 1. The molecular weight excluding hydrogens is 332 g/mol. The number of likely N-dealkylation sites (tertiary alicyclic amines) is 1. The van der Waals surface area contributed by atoms with Crippen LogP contribution in [0.1, 0.15) is 50.4 Å². The van der Waals surface area contributed by atoms with Crippen molar-refractivity contribution < 1.29 is 18.7 Å². The van der Waals surface area contributed by atoms with Gasteiger partial charge in [-0.25, -0.2) is 9.78 Å². The third-order valence-electron chi connectivity index (χ3n) is 6.03. The molecule has 1 aromatic heterocycles. The van der Waals surface area contributed by atoms with E-state index in [9.17, 15) is 9.59 Å². The summed E-state index contributed by atoms with van der Waals surface area (Å²) in [5.74, 6) is -0.668. The lowest BCUT2D eigenvalue weighted by atomic mass is 9.81. The van der Waals surface area contributed by atoms with Gasteiger partial charge in [-0.2, -0.15) is 0 Å². The Labute approximate surface area is 152 Å². The van der Waals surface area contributed by atoms with Crippen molar-refractivity contribution in [1.82, 2.24) is 9.88 Å². The standard InChI is InChI=1S/C20H24N2O4/c1-19(2)11-20(3)7-8-22(15(19)9-20)16(23)10-25-18(24)13-5-4-6-14-17(13)21-12-26-14/h4-6,12,15H,7-11H2,1-3H3. The first-order valence-corrected chi connectivity index (χ1v) is 9.08. The Morgan fingerprint density at radius 1 is 1.35 bits per heavy atom. The molecule has 2 fully saturated rings. The fraction of sp³-hybridized carbons (Fsp3) is 0.550. The smallest absolute Gasteiger partial charge is 0.340 e. The van der Waals surface area contributed by atoms with Crippen molar-refractivity contribution in [3.63, 3.8) is 0 Å². The van der Waals surface area contributed by atoms with Gasteiger partial charge in [0, 0.05) is 12.6 Å². The Morgan fingerprint density at radius 3 is 2.96 bits per heavy atom. The van der Waals surface area contributed by atoms with Gasteiger partial charge in [-0.05, 0) is 42.2 Å². The Balaban J connectivity index is 1.44. The third kappa shape index (κ3) is 2.77. The molecule has 1 amide bonds. The molecule has 1 aliphatic heterocycles. The highest BCUT2D eigenvalue weighted by atomic mass is 16.5. The molecule has 0 spiro atoms. The van der Waals surface area contributed by atoms with E-state index in [1.54, 1.807) is 18.2 Å². The van der Waals surface area contributed by atoms with Gasteiger partial charge in [0.1, 0.15) is 5.52 Å². The molecule has 1 saturated heterocycles. The monoisotopic (exact) mass is 356 g/mol. The minimum absolute atomic E-state index is 0.0945. The SMILES string of the molecule is CC12CCN(C(=O)COC(=O)c3cccc4ocnc34)C(C1)C(C)(C)C2. The fourth-order valence-corrected chi connectivity index (χ4v) is 4.94. The molecule has 0 radical (unpaired) electrons. The number of carbonyl (C=O) groups excluding carboxylic acids is 2. The second-order valence-electron chi connectivity index (χ2n) is 8.61. The molecule has 6 nitrogen and oxygen atoms in total. The summed E-state index contributed by atoms with van der Waals surface area (Å²) in [7, 11) is 0. The zero-order chi connectivity index (χ0) is 18.5. The number of aromatic nitrogens is 1. The zero-order valence-corrected chi connectivity index (χ0v) is 15.4. The number of benzene rings is 1. The van der Waals surface area contributed by atoms with Gasteiger partial charge in [-0.1, -0.05) is 26.8 Å². The molecule has 2 unspecified atom stereocenters. The summed E-state index contributed by atoms with van der Waals surface area (Å²) < 4.78 is 10.5. The van der Waals surface area contributed by atoms with Crippen molar-refractivity contribution in [3.05, 3.63) is 30.2 Å². The van der Waals surface area contributed by atoms with E-state index in [0.29, 0.717) is 22.1 Å². The van der Waals surface area contributed by atoms with Gasteiger partial charge in [0.05, 0.1) is 5.56 Å². The van der Waals surface area contributed by atoms with E-state index >= 15 is 0 Å². The maximum absolute atomic E-state index is 12.7. The number of fused-ring (bicyclic) bond motifs is 3. The van der Waals surface area contributed by atoms with Gasteiger partial charge in [-0.3, -0.25) is 4.79 Å². The number of esters is 1. The average Bonchev–Trinajstić information content (AvgIpc) is 3.13. The van der Waals surface area contributed by atoms with Crippen molar-refractivity contribution >= 4 is 23.0 Å². The fourth-order valence-electron chi connectivity index (χ4n) is 4.94. The van der Waals surface area contributed by atoms with Crippen LogP contribution >= 0.6 is 0 Å². The van der Waals surface area contributed by atoms with Crippen LogP contribution in [0.15, 0.2) is 29.0 Å². The number of oxazole rings is 1. The van der Waals surface area contributed by atoms with Crippen molar-refractivity contribution in [3.8, 4) is 0 Å². The number of carbonyl (C=O) groups is 2. The van der Waals surface area contributed by atoms with Gasteiger partial charge in [-0.15, -0.1) is 0 Å². The van der Waals surface area contributed by atoms with Crippen molar-refractivity contribution in [2.45, 2.75) is 46.1 Å². The summed E-state index contributed by atoms with van der Waals surface area (Å²) in [6, 6.07) is 5.28. The number of piperidine rings is 1. The molecule has 2 atom stereocenters. The number of hydrogen-bond donors (Lipinski definition) is 0. The van der Waals surface area contributed by atoms with E-state index in [1.807, 2.05) is 4.90 Å². The van der Waals surface area contributed by atoms with Crippen LogP contribution < -0.4 is 0 Å². The number of nitrogens with zero attached hydrogens (tertiary/aromatic N) is 2. The first-order chi connectivity index (χ1) is 12.3. The average molecular weight is 356 g/mol. The summed E-state index contributed by atoms with van der Waals surface area (Å²) in [5.41, 5.74) is 1.71. The van der Waals surface area contributed by atoms with Gasteiger partial charge < -0.3 is 14.1 Å². The molecule has 1 aliphatic carbocycles.